The van der Waals surface area contributed by atoms with E-state index < -0.39 is 23.4 Å². The number of para-hydroxylation sites is 1. The number of carboxylic acid groups (broad SMARTS) is 1. The van der Waals surface area contributed by atoms with Crippen LogP contribution in [0, 0.1) is 17.5 Å². The van der Waals surface area contributed by atoms with Crippen molar-refractivity contribution in [1.29, 1.82) is 0 Å². The molecule has 8 heteroatoms. The molecule has 0 N–H and O–H groups in total. The Balaban J connectivity index is 1.80. The Morgan fingerprint density at radius 1 is 1.19 bits per heavy atom. The van der Waals surface area contributed by atoms with E-state index >= 15 is 0 Å². The summed E-state index contributed by atoms with van der Waals surface area (Å²) >= 11 is 0.943. The van der Waals surface area contributed by atoms with Gasteiger partial charge in [-0.1, -0.05) is 18.2 Å². The Hall–Kier alpha value is -2.87. The predicted molar refractivity (Wildman–Crippen MR) is 89.2 cm³/mol. The van der Waals surface area contributed by atoms with Gasteiger partial charge in [-0.3, -0.25) is 0 Å². The monoisotopic (exact) mass is 375 g/mol. The van der Waals surface area contributed by atoms with E-state index in [4.69, 9.17) is 0 Å². The second-order valence-electron chi connectivity index (χ2n) is 5.79. The zero-order valence-electron chi connectivity index (χ0n) is 13.1. The van der Waals surface area contributed by atoms with Crippen LogP contribution in [0.15, 0.2) is 36.5 Å². The molecule has 0 saturated carbocycles. The van der Waals surface area contributed by atoms with E-state index in [1.165, 1.54) is 4.57 Å². The fraction of sp³-hybridized carbons (Fsp3) is 0.111. The molecule has 26 heavy (non-hydrogen) atoms. The minimum Gasteiger partial charge on any atom is -0.548 e. The first kappa shape index (κ1) is 16.6. The molecule has 0 radical (unpaired) electrons. The van der Waals surface area contributed by atoms with Crippen LogP contribution in [0.1, 0.15) is 10.6 Å². The molecule has 0 saturated heterocycles. The summed E-state index contributed by atoms with van der Waals surface area (Å²) in [5.74, 6) is -4.54. The number of rotatable bonds is 4. The fourth-order valence-electron chi connectivity index (χ4n) is 3.00. The molecule has 0 unspecified atom stereocenters. The number of carboxylic acids is 1. The number of hydrogen-bond acceptors (Lipinski definition) is 4. The van der Waals surface area contributed by atoms with Gasteiger partial charge in [-0.05, 0) is 11.6 Å². The molecule has 0 fully saturated rings. The number of hydrogen-bond donors (Lipinski definition) is 0. The van der Waals surface area contributed by atoms with Crippen molar-refractivity contribution < 1.29 is 23.1 Å². The first-order valence-corrected chi connectivity index (χ1v) is 8.45. The number of thiazole rings is 1. The van der Waals surface area contributed by atoms with Crippen molar-refractivity contribution in [2.45, 2.75) is 13.0 Å². The van der Waals surface area contributed by atoms with E-state index in [-0.39, 0.29) is 23.2 Å². The third-order valence-corrected chi connectivity index (χ3v) is 5.14. The average molecular weight is 375 g/mol. The van der Waals surface area contributed by atoms with Crippen molar-refractivity contribution in [3.63, 3.8) is 0 Å². The maximum atomic E-state index is 13.9. The van der Waals surface area contributed by atoms with Crippen LogP contribution >= 0.6 is 11.3 Å². The summed E-state index contributed by atoms with van der Waals surface area (Å²) in [4.78, 5) is 15.0. The number of carbonyl (C=O) groups excluding carboxylic acids is 1. The number of carbonyl (C=O) groups is 1. The largest absolute Gasteiger partial charge is 0.548 e. The molecular weight excluding hydrogens is 365 g/mol. The Morgan fingerprint density at radius 3 is 2.73 bits per heavy atom. The maximum Gasteiger partial charge on any atom is 0.186 e. The predicted octanol–water partition coefficient (Wildman–Crippen LogP) is 3.01. The van der Waals surface area contributed by atoms with Crippen LogP contribution in [0.3, 0.4) is 0 Å². The smallest absolute Gasteiger partial charge is 0.186 e. The van der Waals surface area contributed by atoms with Gasteiger partial charge in [0.1, 0.15) is 11.3 Å². The van der Waals surface area contributed by atoms with Crippen molar-refractivity contribution >= 4 is 38.4 Å². The molecule has 132 valence electrons. The Labute approximate surface area is 149 Å². The van der Waals surface area contributed by atoms with Crippen LogP contribution in [0.25, 0.3) is 21.1 Å². The normalized spacial score (nSPS) is 11.5. The second-order valence-corrected chi connectivity index (χ2v) is 6.87. The van der Waals surface area contributed by atoms with E-state index in [1.54, 1.807) is 18.3 Å². The Bertz CT molecular complexity index is 1170. The molecule has 0 spiro atoms. The lowest BCUT2D eigenvalue weighted by molar-refractivity contribution is -0.306. The van der Waals surface area contributed by atoms with Crippen molar-refractivity contribution in [3.05, 3.63) is 64.6 Å². The zero-order chi connectivity index (χ0) is 18.4. The van der Waals surface area contributed by atoms with Crippen molar-refractivity contribution in [3.8, 4) is 0 Å². The van der Waals surface area contributed by atoms with Gasteiger partial charge >= 0.3 is 0 Å². The van der Waals surface area contributed by atoms with E-state index in [1.807, 2.05) is 12.1 Å². The van der Waals surface area contributed by atoms with Gasteiger partial charge in [0.05, 0.1) is 22.2 Å². The Kier molecular flexibility index (Phi) is 3.91. The minimum atomic E-state index is -1.28. The number of nitrogens with zero attached hydrogens (tertiary/aromatic N) is 2. The van der Waals surface area contributed by atoms with E-state index in [9.17, 15) is 23.1 Å². The summed E-state index contributed by atoms with van der Waals surface area (Å²) in [6.45, 7) is -0.311. The standard InChI is InChI=1S/C18H11F3N2O2S/c19-11-6-12(20)18-17(16(11)21)22-14(26-18)5-9-7-23(8-15(24)25)13-4-2-1-3-10(9)13/h1-4,6-7H,5,8H2,(H,24,25)/p-1. The quantitative estimate of drug-likeness (QED) is 0.515. The molecule has 0 amide bonds. The van der Waals surface area contributed by atoms with E-state index in [0.717, 1.165) is 22.3 Å². The molecule has 0 bridgehead atoms. The van der Waals surface area contributed by atoms with Crippen molar-refractivity contribution in [2.75, 3.05) is 0 Å². The van der Waals surface area contributed by atoms with Crippen LogP contribution in [0.5, 0.6) is 0 Å². The van der Waals surface area contributed by atoms with Gasteiger partial charge in [-0.2, -0.15) is 0 Å². The SMILES string of the molecule is O=C([O-])Cn1cc(Cc2nc3c(F)c(F)cc(F)c3s2)c2ccccc21. The number of aromatic nitrogens is 2. The minimum absolute atomic E-state index is 0.0441. The highest BCUT2D eigenvalue weighted by atomic mass is 32.1. The number of fused-ring (bicyclic) bond motifs is 2. The topological polar surface area (TPSA) is 57.9 Å². The molecular formula is C18H10F3N2O2S-. The molecule has 4 rings (SSSR count). The molecule has 0 aliphatic rings. The summed E-state index contributed by atoms with van der Waals surface area (Å²) in [7, 11) is 0. The molecule has 0 atom stereocenters. The van der Waals surface area contributed by atoms with E-state index in [2.05, 4.69) is 4.98 Å². The van der Waals surface area contributed by atoms with Crippen LogP contribution in [0.2, 0.25) is 0 Å². The second kappa shape index (κ2) is 6.14. The van der Waals surface area contributed by atoms with Gasteiger partial charge in [0.2, 0.25) is 0 Å². The number of benzene rings is 2. The van der Waals surface area contributed by atoms with Crippen molar-refractivity contribution in [1.82, 2.24) is 9.55 Å². The lowest BCUT2D eigenvalue weighted by Gasteiger charge is -2.05. The zero-order valence-corrected chi connectivity index (χ0v) is 13.9. The highest BCUT2D eigenvalue weighted by Crippen LogP contribution is 2.31. The third kappa shape index (κ3) is 2.72. The van der Waals surface area contributed by atoms with Crippen LogP contribution in [-0.4, -0.2) is 15.5 Å². The molecule has 2 aromatic heterocycles. The number of halogens is 3. The third-order valence-electron chi connectivity index (χ3n) is 4.07. The van der Waals surface area contributed by atoms with Gasteiger partial charge < -0.3 is 14.5 Å². The lowest BCUT2D eigenvalue weighted by atomic mass is 10.1. The van der Waals surface area contributed by atoms with Crippen LogP contribution in [0.4, 0.5) is 13.2 Å². The summed E-state index contributed by atoms with van der Waals surface area (Å²) in [5, 5.41) is 12.2. The molecule has 4 nitrogen and oxygen atoms in total. The molecule has 2 aromatic carbocycles. The molecule has 4 aromatic rings. The Morgan fingerprint density at radius 2 is 1.96 bits per heavy atom. The van der Waals surface area contributed by atoms with E-state index in [0.29, 0.717) is 16.6 Å². The molecule has 2 heterocycles. The van der Waals surface area contributed by atoms with Crippen LogP contribution < -0.4 is 5.11 Å². The first-order valence-electron chi connectivity index (χ1n) is 7.63. The van der Waals surface area contributed by atoms with Gasteiger partial charge in [-0.25, -0.2) is 18.2 Å². The fourth-order valence-corrected chi connectivity index (χ4v) is 3.99. The average Bonchev–Trinajstić information content (AvgIpc) is 3.16. The summed E-state index contributed by atoms with van der Waals surface area (Å²) in [6, 6.07) is 7.69. The number of aliphatic carboxylic acids is 1. The maximum absolute atomic E-state index is 13.9. The summed E-state index contributed by atoms with van der Waals surface area (Å²) in [5.41, 5.74) is 1.12. The van der Waals surface area contributed by atoms with Gasteiger partial charge in [0, 0.05) is 29.6 Å². The van der Waals surface area contributed by atoms with Crippen LogP contribution in [-0.2, 0) is 17.8 Å². The van der Waals surface area contributed by atoms with Gasteiger partial charge in [0.15, 0.2) is 11.6 Å². The molecule has 0 aliphatic heterocycles. The van der Waals surface area contributed by atoms with Crippen molar-refractivity contribution in [2.24, 2.45) is 0 Å². The highest BCUT2D eigenvalue weighted by molar-refractivity contribution is 7.18. The highest BCUT2D eigenvalue weighted by Gasteiger charge is 2.18. The summed E-state index contributed by atoms with van der Waals surface area (Å²) < 4.78 is 42.6. The summed E-state index contributed by atoms with van der Waals surface area (Å²) in [6.07, 6.45) is 1.89. The van der Waals surface area contributed by atoms with Gasteiger partial charge in [-0.15, -0.1) is 11.3 Å². The lowest BCUT2D eigenvalue weighted by Crippen LogP contribution is -2.27. The first-order chi connectivity index (χ1) is 12.4. The molecule has 0 aliphatic carbocycles. The van der Waals surface area contributed by atoms with Gasteiger partial charge in [0.25, 0.3) is 0 Å².